The minimum atomic E-state index is -2.57. The van der Waals surface area contributed by atoms with Crippen molar-refractivity contribution in [1.82, 2.24) is 29.7 Å². The summed E-state index contributed by atoms with van der Waals surface area (Å²) in [6.45, 7) is 5.79. The fraction of sp³-hybridized carbons (Fsp3) is 0.400. The highest BCUT2D eigenvalue weighted by Crippen LogP contribution is 2.38. The molecule has 0 aliphatic carbocycles. The Hall–Kier alpha value is -3.69. The van der Waals surface area contributed by atoms with Crippen molar-refractivity contribution < 1.29 is 8.78 Å². The molecule has 0 atom stereocenters. The van der Waals surface area contributed by atoms with Crippen LogP contribution in [0.15, 0.2) is 36.7 Å². The van der Waals surface area contributed by atoms with Crippen LogP contribution in [0.25, 0.3) is 27.5 Å². The Morgan fingerprint density at radius 1 is 1.19 bits per heavy atom. The molecule has 0 radical (unpaired) electrons. The van der Waals surface area contributed by atoms with E-state index in [0.29, 0.717) is 25.2 Å². The molecule has 4 aromatic heterocycles. The van der Waals surface area contributed by atoms with E-state index < -0.39 is 5.92 Å². The first-order valence-corrected chi connectivity index (χ1v) is 13.0. The van der Waals surface area contributed by atoms with Crippen molar-refractivity contribution in [2.45, 2.75) is 38.3 Å². The van der Waals surface area contributed by atoms with Crippen molar-refractivity contribution in [2.75, 3.05) is 36.4 Å². The summed E-state index contributed by atoms with van der Waals surface area (Å²) in [7, 11) is 0. The number of fused-ring (bicyclic) bond motifs is 1. The molecule has 0 aromatic carbocycles. The molecule has 2 aliphatic rings. The molecule has 12 heteroatoms. The van der Waals surface area contributed by atoms with Gasteiger partial charge in [0, 0.05) is 50.0 Å². The third kappa shape index (κ3) is 4.49. The third-order valence-corrected chi connectivity index (χ3v) is 7.75. The van der Waals surface area contributed by atoms with E-state index >= 15 is 0 Å². The predicted octanol–water partition coefficient (Wildman–Crippen LogP) is 4.14. The molecule has 2 saturated heterocycles. The van der Waals surface area contributed by atoms with Crippen molar-refractivity contribution in [2.24, 2.45) is 0 Å². The van der Waals surface area contributed by atoms with E-state index in [1.807, 2.05) is 23.1 Å². The fourth-order valence-electron chi connectivity index (χ4n) is 4.82. The zero-order chi connectivity index (χ0) is 25.7. The highest BCUT2D eigenvalue weighted by molar-refractivity contribution is 7.18. The second-order valence-corrected chi connectivity index (χ2v) is 10.8. The smallest absolute Gasteiger partial charge is 0.261 e. The molecule has 0 unspecified atom stereocenters. The highest BCUT2D eigenvalue weighted by atomic mass is 32.1. The summed E-state index contributed by atoms with van der Waals surface area (Å²) >= 11 is 1.47. The molecule has 9 nitrogen and oxygen atoms in total. The van der Waals surface area contributed by atoms with E-state index in [1.165, 1.54) is 17.5 Å². The lowest BCUT2D eigenvalue weighted by molar-refractivity contribution is 0.00603. The summed E-state index contributed by atoms with van der Waals surface area (Å²) in [4.78, 5) is 8.68. The lowest BCUT2D eigenvalue weighted by Gasteiger charge is -2.43. The van der Waals surface area contributed by atoms with Gasteiger partial charge in [0.2, 0.25) is 5.13 Å². The summed E-state index contributed by atoms with van der Waals surface area (Å²) in [6, 6.07) is 10.0. The van der Waals surface area contributed by atoms with Gasteiger partial charge >= 0.3 is 0 Å². The molecule has 6 heterocycles. The summed E-state index contributed by atoms with van der Waals surface area (Å²) < 4.78 is 28.9. The van der Waals surface area contributed by atoms with Crippen molar-refractivity contribution in [1.29, 1.82) is 5.26 Å². The van der Waals surface area contributed by atoms with E-state index in [-0.39, 0.29) is 25.0 Å². The molecule has 0 saturated carbocycles. The van der Waals surface area contributed by atoms with Crippen LogP contribution in [0.3, 0.4) is 0 Å². The second-order valence-electron chi connectivity index (χ2n) is 9.85. The number of halogens is 2. The molecule has 1 N–H and O–H groups in total. The molecule has 0 spiro atoms. The molecule has 2 aliphatic heterocycles. The summed E-state index contributed by atoms with van der Waals surface area (Å²) in [6.07, 6.45) is 3.27. The number of anilines is 2. The average Bonchev–Trinajstić information content (AvgIpc) is 3.56. The van der Waals surface area contributed by atoms with Gasteiger partial charge in [-0.05, 0) is 38.1 Å². The van der Waals surface area contributed by atoms with Gasteiger partial charge < -0.3 is 10.2 Å². The molecule has 6 rings (SSSR count). The van der Waals surface area contributed by atoms with E-state index in [1.54, 1.807) is 16.8 Å². The van der Waals surface area contributed by atoms with E-state index in [9.17, 15) is 8.78 Å². The van der Waals surface area contributed by atoms with Crippen molar-refractivity contribution in [3.05, 3.63) is 42.2 Å². The Morgan fingerprint density at radius 3 is 2.76 bits per heavy atom. The number of rotatable bonds is 6. The first kappa shape index (κ1) is 23.7. The maximum absolute atomic E-state index is 13.6. The minimum Gasteiger partial charge on any atom is -0.382 e. The number of hydrogen-bond acceptors (Lipinski definition) is 9. The van der Waals surface area contributed by atoms with Gasteiger partial charge in [-0.25, -0.2) is 13.3 Å². The van der Waals surface area contributed by atoms with Gasteiger partial charge in [-0.15, -0.1) is 10.2 Å². The van der Waals surface area contributed by atoms with E-state index in [0.717, 1.165) is 38.3 Å². The zero-order valence-electron chi connectivity index (χ0n) is 20.4. The number of pyridine rings is 1. The molecule has 4 aromatic rings. The lowest BCUT2D eigenvalue weighted by atomic mass is 10.1. The van der Waals surface area contributed by atoms with Gasteiger partial charge in [-0.3, -0.25) is 9.88 Å². The second kappa shape index (κ2) is 9.00. The van der Waals surface area contributed by atoms with Crippen LogP contribution in [-0.2, 0) is 0 Å². The van der Waals surface area contributed by atoms with Crippen molar-refractivity contribution in [3.8, 4) is 28.0 Å². The SMILES string of the molecule is CC(C)Nc1cc(-c2ccc3cc(C#N)cnn23)ncc1-c1nnc(N2CC(N3CCC(F)(F)C3)C2)s1. The third-order valence-electron chi connectivity index (χ3n) is 6.73. The molecule has 0 bridgehead atoms. The van der Waals surface area contributed by atoms with Crippen LogP contribution in [0.2, 0.25) is 0 Å². The Kier molecular flexibility index (Phi) is 5.77. The number of nitrogens with zero attached hydrogens (tertiary/aromatic N) is 8. The predicted molar refractivity (Wildman–Crippen MR) is 138 cm³/mol. The van der Waals surface area contributed by atoms with Crippen LogP contribution in [0.5, 0.6) is 0 Å². The number of aromatic nitrogens is 5. The normalized spacial score (nSPS) is 17.9. The topological polar surface area (TPSA) is 98.3 Å². The molecule has 37 heavy (non-hydrogen) atoms. The summed E-state index contributed by atoms with van der Waals surface area (Å²) in [5.41, 5.74) is 4.60. The molecular formula is C25H25F2N9S. The first-order chi connectivity index (χ1) is 17.8. The zero-order valence-corrected chi connectivity index (χ0v) is 21.2. The number of hydrogen-bond donors (Lipinski definition) is 1. The Morgan fingerprint density at radius 2 is 2.03 bits per heavy atom. The lowest BCUT2D eigenvalue weighted by Crippen LogP contribution is -2.59. The molecule has 190 valence electrons. The van der Waals surface area contributed by atoms with Crippen LogP contribution in [0.4, 0.5) is 19.6 Å². The Labute approximate surface area is 216 Å². The van der Waals surface area contributed by atoms with Gasteiger partial charge in [0.05, 0.1) is 40.8 Å². The first-order valence-electron chi connectivity index (χ1n) is 12.2. The van der Waals surface area contributed by atoms with Crippen molar-refractivity contribution >= 4 is 27.7 Å². The average molecular weight is 522 g/mol. The number of nitrogens with one attached hydrogen (secondary N) is 1. The maximum atomic E-state index is 13.6. The van der Waals surface area contributed by atoms with E-state index in [2.05, 4.69) is 45.4 Å². The standard InChI is InChI=1S/C25H25F2N9S/c1-15(2)31-20-8-21(22-4-3-17-7-16(9-28)10-30-36(17)22)29-11-19(20)23-32-33-24(37-23)35-12-18(13-35)34-6-5-25(26,27)14-34/h3-4,7-8,10-11,15,18H,5-6,12-14H2,1-2H3,(H,29,31). The van der Waals surface area contributed by atoms with Crippen LogP contribution in [-0.4, -0.2) is 73.9 Å². The summed E-state index contributed by atoms with van der Waals surface area (Å²) in [5.74, 6) is -2.57. The number of nitriles is 1. The van der Waals surface area contributed by atoms with Gasteiger partial charge in [0.15, 0.2) is 5.01 Å². The van der Waals surface area contributed by atoms with Gasteiger partial charge in [-0.2, -0.15) is 10.4 Å². The van der Waals surface area contributed by atoms with Gasteiger partial charge in [0.1, 0.15) is 6.07 Å². The molecule has 0 amide bonds. The van der Waals surface area contributed by atoms with Crippen LogP contribution >= 0.6 is 11.3 Å². The maximum Gasteiger partial charge on any atom is 0.261 e. The molecular weight excluding hydrogens is 496 g/mol. The van der Waals surface area contributed by atoms with Crippen LogP contribution < -0.4 is 10.2 Å². The van der Waals surface area contributed by atoms with Crippen LogP contribution in [0.1, 0.15) is 25.8 Å². The van der Waals surface area contributed by atoms with E-state index in [4.69, 9.17) is 10.2 Å². The van der Waals surface area contributed by atoms with Crippen LogP contribution in [0, 0.1) is 11.3 Å². The summed E-state index contributed by atoms with van der Waals surface area (Å²) in [5, 5.41) is 27.4. The minimum absolute atomic E-state index is 0.0585. The monoisotopic (exact) mass is 521 g/mol. The van der Waals surface area contributed by atoms with Gasteiger partial charge in [0.25, 0.3) is 5.92 Å². The molecule has 2 fully saturated rings. The number of likely N-dealkylation sites (tertiary alicyclic amines) is 1. The number of alkyl halides is 2. The van der Waals surface area contributed by atoms with Crippen molar-refractivity contribution in [3.63, 3.8) is 0 Å². The largest absolute Gasteiger partial charge is 0.382 e. The highest BCUT2D eigenvalue weighted by Gasteiger charge is 2.44. The Bertz CT molecular complexity index is 1500. The quantitative estimate of drug-likeness (QED) is 0.404. The Balaban J connectivity index is 1.25. The fourth-order valence-corrected chi connectivity index (χ4v) is 5.71. The van der Waals surface area contributed by atoms with Gasteiger partial charge in [-0.1, -0.05) is 11.3 Å².